The standard InChI is InChI=1S/C8H4F6O/c9-7(10,11)4-2-1-3-5(6(4)15)8(12,13)14/h1-3,15H. The van der Waals surface area contributed by atoms with E-state index in [1.165, 1.54) is 0 Å². The first-order valence-electron chi connectivity index (χ1n) is 3.60. The molecule has 0 unspecified atom stereocenters. The molecule has 0 saturated heterocycles. The van der Waals surface area contributed by atoms with Gasteiger partial charge in [-0.05, 0) is 12.1 Å². The Hall–Kier alpha value is -1.40. The van der Waals surface area contributed by atoms with Gasteiger partial charge < -0.3 is 5.11 Å². The third-order valence-corrected chi connectivity index (χ3v) is 1.65. The van der Waals surface area contributed by atoms with E-state index in [-0.39, 0.29) is 0 Å². The Morgan fingerprint density at radius 2 is 1.13 bits per heavy atom. The van der Waals surface area contributed by atoms with Crippen LogP contribution in [-0.2, 0) is 12.4 Å². The van der Waals surface area contributed by atoms with Crippen LogP contribution < -0.4 is 0 Å². The summed E-state index contributed by atoms with van der Waals surface area (Å²) in [5.74, 6) is -1.79. The average molecular weight is 230 g/mol. The number of hydrogen-bond acceptors (Lipinski definition) is 1. The first-order valence-corrected chi connectivity index (χ1v) is 3.60. The number of aromatic hydroxyl groups is 1. The number of hydrogen-bond donors (Lipinski definition) is 1. The van der Waals surface area contributed by atoms with Crippen LogP contribution in [0.15, 0.2) is 18.2 Å². The van der Waals surface area contributed by atoms with E-state index in [1.807, 2.05) is 0 Å². The van der Waals surface area contributed by atoms with Gasteiger partial charge in [-0.3, -0.25) is 0 Å². The summed E-state index contributed by atoms with van der Waals surface area (Å²) in [5, 5.41) is 8.82. The second-order valence-electron chi connectivity index (χ2n) is 2.70. The first-order chi connectivity index (χ1) is 6.64. The minimum atomic E-state index is -5.01. The molecule has 1 rings (SSSR count). The fraction of sp³-hybridized carbons (Fsp3) is 0.250. The molecule has 0 aliphatic carbocycles. The highest BCUT2D eigenvalue weighted by atomic mass is 19.4. The normalized spacial score (nSPS) is 12.9. The number of phenols is 1. The predicted octanol–water partition coefficient (Wildman–Crippen LogP) is 3.43. The van der Waals surface area contributed by atoms with Crippen LogP contribution in [0.5, 0.6) is 5.75 Å². The Morgan fingerprint density at radius 3 is 1.40 bits per heavy atom. The number of benzene rings is 1. The van der Waals surface area contributed by atoms with E-state index < -0.39 is 29.2 Å². The monoisotopic (exact) mass is 230 g/mol. The summed E-state index contributed by atoms with van der Waals surface area (Å²) < 4.78 is 72.5. The van der Waals surface area contributed by atoms with E-state index >= 15 is 0 Å². The summed E-state index contributed by atoms with van der Waals surface area (Å²) >= 11 is 0. The second kappa shape index (κ2) is 3.32. The van der Waals surface area contributed by atoms with Crippen molar-refractivity contribution < 1.29 is 31.4 Å². The molecule has 1 aromatic carbocycles. The van der Waals surface area contributed by atoms with Crippen molar-refractivity contribution in [2.45, 2.75) is 12.4 Å². The maximum absolute atomic E-state index is 12.1. The molecule has 7 heteroatoms. The van der Waals surface area contributed by atoms with Gasteiger partial charge in [-0.25, -0.2) is 0 Å². The lowest BCUT2D eigenvalue weighted by atomic mass is 10.1. The van der Waals surface area contributed by atoms with Crippen LogP contribution in [0.2, 0.25) is 0 Å². The van der Waals surface area contributed by atoms with Crippen LogP contribution in [0.4, 0.5) is 26.3 Å². The Morgan fingerprint density at radius 1 is 0.800 bits per heavy atom. The molecule has 1 nitrogen and oxygen atoms in total. The van der Waals surface area contributed by atoms with Crippen LogP contribution in [-0.4, -0.2) is 5.11 Å². The smallest absolute Gasteiger partial charge is 0.419 e. The molecule has 0 bridgehead atoms. The van der Waals surface area contributed by atoms with Crippen molar-refractivity contribution in [2.75, 3.05) is 0 Å². The number of phenolic OH excluding ortho intramolecular Hbond substituents is 1. The van der Waals surface area contributed by atoms with Gasteiger partial charge in [0.1, 0.15) is 5.75 Å². The van der Waals surface area contributed by atoms with Gasteiger partial charge in [0.2, 0.25) is 0 Å². The van der Waals surface area contributed by atoms with Crippen molar-refractivity contribution >= 4 is 0 Å². The maximum atomic E-state index is 12.1. The topological polar surface area (TPSA) is 20.2 Å². The zero-order valence-electron chi connectivity index (χ0n) is 6.95. The molecule has 0 aromatic heterocycles. The first kappa shape index (κ1) is 11.7. The summed E-state index contributed by atoms with van der Waals surface area (Å²) in [5.41, 5.74) is -3.39. The van der Waals surface area contributed by atoms with Crippen molar-refractivity contribution in [3.8, 4) is 5.75 Å². The lowest BCUT2D eigenvalue weighted by molar-refractivity contribution is -0.145. The molecule has 0 spiro atoms. The van der Waals surface area contributed by atoms with Crippen molar-refractivity contribution in [3.05, 3.63) is 29.3 Å². The van der Waals surface area contributed by atoms with Crippen LogP contribution in [0.1, 0.15) is 11.1 Å². The van der Waals surface area contributed by atoms with E-state index in [9.17, 15) is 26.3 Å². The molecule has 0 aliphatic heterocycles. The van der Waals surface area contributed by atoms with Crippen LogP contribution in [0.3, 0.4) is 0 Å². The van der Waals surface area contributed by atoms with Gasteiger partial charge in [-0.1, -0.05) is 6.07 Å². The average Bonchev–Trinajstić information content (AvgIpc) is 1.99. The number of rotatable bonds is 0. The lowest BCUT2D eigenvalue weighted by Crippen LogP contribution is -2.11. The quantitative estimate of drug-likeness (QED) is 0.677. The molecule has 0 radical (unpaired) electrons. The Labute approximate surface area is 79.9 Å². The van der Waals surface area contributed by atoms with E-state index in [0.717, 1.165) is 0 Å². The zero-order valence-corrected chi connectivity index (χ0v) is 6.95. The lowest BCUT2D eigenvalue weighted by Gasteiger charge is -2.13. The molecule has 1 N–H and O–H groups in total. The van der Waals surface area contributed by atoms with Crippen LogP contribution in [0.25, 0.3) is 0 Å². The molecule has 0 saturated carbocycles. The summed E-state index contributed by atoms with van der Waals surface area (Å²) in [6.07, 6.45) is -10.0. The third-order valence-electron chi connectivity index (χ3n) is 1.65. The zero-order chi connectivity index (χ0) is 11.9. The number of halogens is 6. The molecular weight excluding hydrogens is 226 g/mol. The molecule has 84 valence electrons. The largest absolute Gasteiger partial charge is 0.507 e. The molecule has 0 aliphatic rings. The van der Waals surface area contributed by atoms with Gasteiger partial charge in [-0.15, -0.1) is 0 Å². The van der Waals surface area contributed by atoms with E-state index in [2.05, 4.69) is 0 Å². The Kier molecular flexibility index (Phi) is 2.58. The molecule has 0 heterocycles. The summed E-state index contributed by atoms with van der Waals surface area (Å²) in [6, 6.07) is 1.35. The molecule has 1 aromatic rings. The van der Waals surface area contributed by atoms with Gasteiger partial charge in [-0.2, -0.15) is 26.3 Å². The van der Waals surface area contributed by atoms with Gasteiger partial charge in [0.05, 0.1) is 11.1 Å². The van der Waals surface area contributed by atoms with Gasteiger partial charge in [0.25, 0.3) is 0 Å². The molecular formula is C8H4F6O. The second-order valence-corrected chi connectivity index (χ2v) is 2.70. The predicted molar refractivity (Wildman–Crippen MR) is 38.1 cm³/mol. The summed E-state index contributed by atoms with van der Waals surface area (Å²) in [4.78, 5) is 0. The highest BCUT2D eigenvalue weighted by Crippen LogP contribution is 2.42. The fourth-order valence-electron chi connectivity index (χ4n) is 1.00. The summed E-state index contributed by atoms with van der Waals surface area (Å²) in [6.45, 7) is 0. The van der Waals surface area contributed by atoms with Gasteiger partial charge in [0.15, 0.2) is 0 Å². The molecule has 15 heavy (non-hydrogen) atoms. The van der Waals surface area contributed by atoms with Crippen molar-refractivity contribution in [3.63, 3.8) is 0 Å². The SMILES string of the molecule is Oc1c(C(F)(F)F)cccc1C(F)(F)F. The minimum absolute atomic E-state index is 0.380. The maximum Gasteiger partial charge on any atom is 0.419 e. The number of alkyl halides is 6. The minimum Gasteiger partial charge on any atom is -0.507 e. The third kappa shape index (κ3) is 2.34. The van der Waals surface area contributed by atoms with Crippen molar-refractivity contribution in [2.24, 2.45) is 0 Å². The van der Waals surface area contributed by atoms with Crippen LogP contribution >= 0.6 is 0 Å². The fourth-order valence-corrected chi connectivity index (χ4v) is 1.00. The van der Waals surface area contributed by atoms with Gasteiger partial charge >= 0.3 is 12.4 Å². The van der Waals surface area contributed by atoms with E-state index in [0.29, 0.717) is 18.2 Å². The number of para-hydroxylation sites is 1. The van der Waals surface area contributed by atoms with Crippen LogP contribution in [0, 0.1) is 0 Å². The molecule has 0 amide bonds. The molecule has 0 atom stereocenters. The van der Waals surface area contributed by atoms with Gasteiger partial charge in [0, 0.05) is 0 Å². The van der Waals surface area contributed by atoms with E-state index in [1.54, 1.807) is 0 Å². The summed E-state index contributed by atoms with van der Waals surface area (Å²) in [7, 11) is 0. The highest BCUT2D eigenvalue weighted by molar-refractivity contribution is 5.43. The highest BCUT2D eigenvalue weighted by Gasteiger charge is 2.40. The van der Waals surface area contributed by atoms with Crippen molar-refractivity contribution in [1.29, 1.82) is 0 Å². The Balaban J connectivity index is 3.37. The Bertz CT molecular complexity index is 332. The van der Waals surface area contributed by atoms with E-state index in [4.69, 9.17) is 5.11 Å². The molecule has 0 fully saturated rings. The van der Waals surface area contributed by atoms with Crippen molar-refractivity contribution in [1.82, 2.24) is 0 Å².